The van der Waals surface area contributed by atoms with Gasteiger partial charge in [-0.15, -0.1) is 0 Å². The number of nitrogens with zero attached hydrogens (tertiary/aromatic N) is 4. The number of pyridine rings is 1. The molecule has 0 spiro atoms. The second kappa shape index (κ2) is 3.37. The van der Waals surface area contributed by atoms with Crippen LogP contribution in [0.1, 0.15) is 5.56 Å². The molecule has 0 radical (unpaired) electrons. The van der Waals surface area contributed by atoms with E-state index in [-0.39, 0.29) is 0 Å². The van der Waals surface area contributed by atoms with E-state index in [1.807, 2.05) is 19.2 Å². The first-order valence-electron chi connectivity index (χ1n) is 4.92. The van der Waals surface area contributed by atoms with Crippen molar-refractivity contribution < 1.29 is 0 Å². The van der Waals surface area contributed by atoms with Crippen molar-refractivity contribution in [1.29, 1.82) is 0 Å². The van der Waals surface area contributed by atoms with Gasteiger partial charge in [0.05, 0.1) is 0 Å². The van der Waals surface area contributed by atoms with Crippen molar-refractivity contribution in [3.8, 4) is 11.4 Å². The number of fused-ring (bicyclic) bond motifs is 1. The molecule has 0 atom stereocenters. The van der Waals surface area contributed by atoms with Gasteiger partial charge in [-0.1, -0.05) is 0 Å². The summed E-state index contributed by atoms with van der Waals surface area (Å²) in [7, 11) is 0. The summed E-state index contributed by atoms with van der Waals surface area (Å²) in [5.41, 5.74) is 3.43. The molecule has 16 heavy (non-hydrogen) atoms. The second-order valence-electron chi connectivity index (χ2n) is 3.50. The third-order valence-corrected chi connectivity index (χ3v) is 2.41. The summed E-state index contributed by atoms with van der Waals surface area (Å²) >= 11 is 0. The molecule has 1 N–H and O–H groups in total. The Bertz CT molecular complexity index is 610. The summed E-state index contributed by atoms with van der Waals surface area (Å²) in [6.45, 7) is 2.00. The van der Waals surface area contributed by atoms with Crippen molar-refractivity contribution in [3.63, 3.8) is 0 Å². The molecule has 0 saturated carbocycles. The predicted molar refractivity (Wildman–Crippen MR) is 59.7 cm³/mol. The van der Waals surface area contributed by atoms with Gasteiger partial charge in [0.15, 0.2) is 11.3 Å². The molecule has 0 amide bonds. The lowest BCUT2D eigenvalue weighted by Crippen LogP contribution is -1.86. The molecule has 0 aliphatic carbocycles. The number of aromatic nitrogens is 5. The van der Waals surface area contributed by atoms with Crippen LogP contribution in [-0.2, 0) is 0 Å². The number of aryl methyl sites for hydroxylation is 1. The van der Waals surface area contributed by atoms with Gasteiger partial charge in [-0.3, -0.25) is 4.98 Å². The average molecular weight is 211 g/mol. The first-order chi connectivity index (χ1) is 7.84. The van der Waals surface area contributed by atoms with E-state index in [9.17, 15) is 0 Å². The Kier molecular flexibility index (Phi) is 1.89. The van der Waals surface area contributed by atoms with E-state index >= 15 is 0 Å². The van der Waals surface area contributed by atoms with Crippen LogP contribution in [0.5, 0.6) is 0 Å². The maximum absolute atomic E-state index is 4.39. The lowest BCUT2D eigenvalue weighted by molar-refractivity contribution is 1.23. The van der Waals surface area contributed by atoms with Crippen molar-refractivity contribution in [2.75, 3.05) is 0 Å². The van der Waals surface area contributed by atoms with Crippen LogP contribution < -0.4 is 0 Å². The van der Waals surface area contributed by atoms with Crippen molar-refractivity contribution >= 4 is 11.3 Å². The van der Waals surface area contributed by atoms with Gasteiger partial charge in [-0.2, -0.15) is 0 Å². The minimum absolute atomic E-state index is 0.633. The molecule has 78 valence electrons. The highest BCUT2D eigenvalue weighted by Crippen LogP contribution is 2.20. The van der Waals surface area contributed by atoms with Gasteiger partial charge in [0, 0.05) is 30.4 Å². The fraction of sp³-hybridized carbons (Fsp3) is 0.0909. The van der Waals surface area contributed by atoms with Crippen molar-refractivity contribution in [2.45, 2.75) is 6.92 Å². The number of H-pyrrole nitrogens is 1. The zero-order chi connectivity index (χ0) is 11.0. The molecular formula is C11H9N5. The summed E-state index contributed by atoms with van der Waals surface area (Å²) in [6.07, 6.45) is 6.83. The Labute approximate surface area is 91.6 Å². The maximum Gasteiger partial charge on any atom is 0.197 e. The third-order valence-electron chi connectivity index (χ3n) is 2.41. The van der Waals surface area contributed by atoms with E-state index in [1.165, 1.54) is 0 Å². The van der Waals surface area contributed by atoms with Crippen LogP contribution in [0.2, 0.25) is 0 Å². The van der Waals surface area contributed by atoms with E-state index in [0.29, 0.717) is 11.3 Å². The predicted octanol–water partition coefficient (Wildman–Crippen LogP) is 1.72. The Morgan fingerprint density at radius 1 is 1.12 bits per heavy atom. The summed E-state index contributed by atoms with van der Waals surface area (Å²) in [5.74, 6) is 0.779. The van der Waals surface area contributed by atoms with E-state index < -0.39 is 0 Å². The Balaban J connectivity index is 2.23. The summed E-state index contributed by atoms with van der Waals surface area (Å²) in [4.78, 5) is 19.9. The molecule has 5 heteroatoms. The highest BCUT2D eigenvalue weighted by molar-refractivity contribution is 5.72. The second-order valence-corrected chi connectivity index (χ2v) is 3.50. The van der Waals surface area contributed by atoms with Gasteiger partial charge < -0.3 is 4.98 Å². The summed E-state index contributed by atoms with van der Waals surface area (Å²) in [5, 5.41) is 0. The highest BCUT2D eigenvalue weighted by Gasteiger charge is 2.08. The Morgan fingerprint density at radius 2 is 2.00 bits per heavy atom. The Hall–Kier alpha value is -2.30. The lowest BCUT2D eigenvalue weighted by atomic mass is 10.1. The molecule has 0 bridgehead atoms. The number of rotatable bonds is 1. The van der Waals surface area contributed by atoms with Crippen LogP contribution in [0.15, 0.2) is 30.9 Å². The molecule has 5 nitrogen and oxygen atoms in total. The minimum atomic E-state index is 0.633. The van der Waals surface area contributed by atoms with E-state index in [4.69, 9.17) is 0 Å². The number of hydrogen-bond acceptors (Lipinski definition) is 4. The van der Waals surface area contributed by atoms with Gasteiger partial charge >= 0.3 is 0 Å². The molecular weight excluding hydrogens is 202 g/mol. The number of imidazole rings is 1. The highest BCUT2D eigenvalue weighted by atomic mass is 15.0. The van der Waals surface area contributed by atoms with Crippen LogP contribution in [0.3, 0.4) is 0 Å². The van der Waals surface area contributed by atoms with Crippen LogP contribution in [-0.4, -0.2) is 24.9 Å². The van der Waals surface area contributed by atoms with Gasteiger partial charge in [0.25, 0.3) is 0 Å². The van der Waals surface area contributed by atoms with E-state index in [0.717, 1.165) is 17.0 Å². The van der Waals surface area contributed by atoms with Crippen molar-refractivity contribution in [1.82, 2.24) is 24.9 Å². The standard InChI is InChI=1S/C11H9N5/c1-7-6-12-3-2-8(7)9-15-10-11(16-9)14-5-4-13-10/h2-6H,1H3,(H,13,14,15,16). The molecule has 3 aromatic rings. The lowest BCUT2D eigenvalue weighted by Gasteiger charge is -1.99. The molecule has 0 aliphatic heterocycles. The Morgan fingerprint density at radius 3 is 2.81 bits per heavy atom. The monoisotopic (exact) mass is 211 g/mol. The molecule has 0 aliphatic rings. The molecule has 3 aromatic heterocycles. The van der Waals surface area contributed by atoms with Crippen LogP contribution in [0, 0.1) is 6.92 Å². The molecule has 0 fully saturated rings. The largest absolute Gasteiger partial charge is 0.321 e. The fourth-order valence-electron chi connectivity index (χ4n) is 1.61. The van der Waals surface area contributed by atoms with E-state index in [2.05, 4.69) is 24.9 Å². The first-order valence-corrected chi connectivity index (χ1v) is 4.92. The van der Waals surface area contributed by atoms with Gasteiger partial charge in [0.2, 0.25) is 0 Å². The fourth-order valence-corrected chi connectivity index (χ4v) is 1.61. The van der Waals surface area contributed by atoms with Crippen molar-refractivity contribution in [3.05, 3.63) is 36.4 Å². The molecule has 0 saturated heterocycles. The third kappa shape index (κ3) is 1.33. The normalized spacial score (nSPS) is 10.8. The molecule has 0 unspecified atom stereocenters. The van der Waals surface area contributed by atoms with Gasteiger partial charge in [-0.05, 0) is 18.6 Å². The van der Waals surface area contributed by atoms with Crippen LogP contribution >= 0.6 is 0 Å². The van der Waals surface area contributed by atoms with Crippen LogP contribution in [0.25, 0.3) is 22.7 Å². The number of hydrogen-bond donors (Lipinski definition) is 1. The molecule has 0 aromatic carbocycles. The van der Waals surface area contributed by atoms with Gasteiger partial charge in [0.1, 0.15) is 5.82 Å². The maximum atomic E-state index is 4.39. The van der Waals surface area contributed by atoms with E-state index in [1.54, 1.807) is 18.6 Å². The quantitative estimate of drug-likeness (QED) is 0.665. The zero-order valence-corrected chi connectivity index (χ0v) is 8.68. The molecule has 3 heterocycles. The number of aromatic amines is 1. The minimum Gasteiger partial charge on any atom is -0.321 e. The summed E-state index contributed by atoms with van der Waals surface area (Å²) < 4.78 is 0. The average Bonchev–Trinajstić information content (AvgIpc) is 2.73. The number of nitrogens with one attached hydrogen (secondary N) is 1. The smallest absolute Gasteiger partial charge is 0.197 e. The summed E-state index contributed by atoms with van der Waals surface area (Å²) in [6, 6.07) is 1.92. The van der Waals surface area contributed by atoms with Crippen molar-refractivity contribution in [2.24, 2.45) is 0 Å². The molecule has 3 rings (SSSR count). The topological polar surface area (TPSA) is 67.3 Å². The van der Waals surface area contributed by atoms with Crippen LogP contribution in [0.4, 0.5) is 0 Å². The SMILES string of the molecule is Cc1cnccc1-c1nc2nccnc2[nH]1. The van der Waals surface area contributed by atoms with Gasteiger partial charge in [-0.25, -0.2) is 15.0 Å². The zero-order valence-electron chi connectivity index (χ0n) is 8.68. The first kappa shape index (κ1) is 8.96.